The van der Waals surface area contributed by atoms with Gasteiger partial charge in [-0.15, -0.1) is 0 Å². The van der Waals surface area contributed by atoms with E-state index in [-0.39, 0.29) is 10.6 Å². The lowest BCUT2D eigenvalue weighted by Gasteiger charge is -2.31. The van der Waals surface area contributed by atoms with Crippen molar-refractivity contribution >= 4 is 11.4 Å². The molecule has 0 bridgehead atoms. The van der Waals surface area contributed by atoms with Gasteiger partial charge in [-0.3, -0.25) is 15.0 Å². The Hall–Kier alpha value is -2.06. The fourth-order valence-corrected chi connectivity index (χ4v) is 2.65. The fourth-order valence-electron chi connectivity index (χ4n) is 2.65. The van der Waals surface area contributed by atoms with Gasteiger partial charge in [0.05, 0.1) is 11.5 Å². The summed E-state index contributed by atoms with van der Waals surface area (Å²) in [5, 5.41) is 11.3. The summed E-state index contributed by atoms with van der Waals surface area (Å²) in [7, 11) is 2.02. The first kappa shape index (κ1) is 17.3. The van der Waals surface area contributed by atoms with Gasteiger partial charge in [0, 0.05) is 24.7 Å². The molecule has 1 aromatic carbocycles. The highest BCUT2D eigenvalue weighted by Gasteiger charge is 2.23. The topological polar surface area (TPSA) is 49.6 Å². The standard InChI is InChI=1S/C18H25N3O2/c1-4-19(3)11-5-6-16-7-8-17(21(22)23)18(14-16)20-12-9-15(2)10-13-20/h7-8,14-15H,4,9-13H2,1-3H3. The summed E-state index contributed by atoms with van der Waals surface area (Å²) in [4.78, 5) is 15.3. The van der Waals surface area contributed by atoms with Crippen LogP contribution < -0.4 is 4.90 Å². The summed E-state index contributed by atoms with van der Waals surface area (Å²) in [6, 6.07) is 5.20. The third-order valence-corrected chi connectivity index (χ3v) is 4.42. The van der Waals surface area contributed by atoms with E-state index in [0.717, 1.165) is 38.0 Å². The molecule has 1 fully saturated rings. The molecular formula is C18H25N3O2. The number of anilines is 1. The van der Waals surface area contributed by atoms with Crippen molar-refractivity contribution in [3.63, 3.8) is 0 Å². The third-order valence-electron chi connectivity index (χ3n) is 4.42. The van der Waals surface area contributed by atoms with E-state index >= 15 is 0 Å². The van der Waals surface area contributed by atoms with Crippen molar-refractivity contribution in [1.82, 2.24) is 4.90 Å². The molecule has 0 N–H and O–H groups in total. The van der Waals surface area contributed by atoms with Crippen LogP contribution in [0.25, 0.3) is 0 Å². The first-order valence-electron chi connectivity index (χ1n) is 8.22. The second kappa shape index (κ2) is 7.98. The van der Waals surface area contributed by atoms with E-state index in [2.05, 4.69) is 35.5 Å². The van der Waals surface area contributed by atoms with Crippen LogP contribution in [0, 0.1) is 27.9 Å². The lowest BCUT2D eigenvalue weighted by atomic mass is 9.98. The number of hydrogen-bond donors (Lipinski definition) is 0. The first-order valence-corrected chi connectivity index (χ1v) is 8.22. The molecule has 1 aliphatic heterocycles. The summed E-state index contributed by atoms with van der Waals surface area (Å²) >= 11 is 0. The van der Waals surface area contributed by atoms with Gasteiger partial charge in [0.25, 0.3) is 5.69 Å². The summed E-state index contributed by atoms with van der Waals surface area (Å²) in [5.41, 5.74) is 1.72. The van der Waals surface area contributed by atoms with E-state index in [9.17, 15) is 10.1 Å². The summed E-state index contributed by atoms with van der Waals surface area (Å²) in [6.45, 7) is 7.71. The van der Waals surface area contributed by atoms with Crippen molar-refractivity contribution < 1.29 is 4.92 Å². The maximum atomic E-state index is 11.3. The Kier molecular flexibility index (Phi) is 6.00. The molecule has 0 unspecified atom stereocenters. The van der Waals surface area contributed by atoms with E-state index in [1.54, 1.807) is 12.1 Å². The molecule has 23 heavy (non-hydrogen) atoms. The van der Waals surface area contributed by atoms with Crippen LogP contribution in [-0.4, -0.2) is 43.0 Å². The monoisotopic (exact) mass is 315 g/mol. The second-order valence-corrected chi connectivity index (χ2v) is 6.26. The molecule has 5 heteroatoms. The molecule has 0 saturated carbocycles. The van der Waals surface area contributed by atoms with Crippen molar-refractivity contribution in [3.05, 3.63) is 33.9 Å². The molecule has 5 nitrogen and oxygen atoms in total. The van der Waals surface area contributed by atoms with Crippen LogP contribution in [0.5, 0.6) is 0 Å². The highest BCUT2D eigenvalue weighted by Crippen LogP contribution is 2.32. The molecule has 0 radical (unpaired) electrons. The zero-order valence-corrected chi connectivity index (χ0v) is 14.2. The van der Waals surface area contributed by atoms with Gasteiger partial charge in [-0.25, -0.2) is 0 Å². The van der Waals surface area contributed by atoms with Crippen LogP contribution in [-0.2, 0) is 0 Å². The van der Waals surface area contributed by atoms with Crippen molar-refractivity contribution in [2.24, 2.45) is 5.92 Å². The molecule has 0 atom stereocenters. The van der Waals surface area contributed by atoms with Crippen LogP contribution >= 0.6 is 0 Å². The minimum absolute atomic E-state index is 0.177. The normalized spacial score (nSPS) is 15.4. The molecular weight excluding hydrogens is 290 g/mol. The van der Waals surface area contributed by atoms with Crippen LogP contribution in [0.3, 0.4) is 0 Å². The molecule has 2 rings (SSSR count). The molecule has 1 heterocycles. The summed E-state index contributed by atoms with van der Waals surface area (Å²) < 4.78 is 0. The Morgan fingerprint density at radius 1 is 1.39 bits per heavy atom. The smallest absolute Gasteiger partial charge is 0.292 e. The molecule has 0 aromatic heterocycles. The predicted octanol–water partition coefficient (Wildman–Crippen LogP) is 3.13. The summed E-state index contributed by atoms with van der Waals surface area (Å²) in [5.74, 6) is 6.94. The maximum Gasteiger partial charge on any atom is 0.292 e. The molecule has 0 spiro atoms. The Balaban J connectivity index is 2.23. The van der Waals surface area contributed by atoms with Crippen LogP contribution in [0.15, 0.2) is 18.2 Å². The van der Waals surface area contributed by atoms with E-state index in [0.29, 0.717) is 18.2 Å². The van der Waals surface area contributed by atoms with Gasteiger partial charge < -0.3 is 4.90 Å². The minimum atomic E-state index is -0.296. The SMILES string of the molecule is CCN(C)CC#Cc1ccc([N+](=O)[O-])c(N2CCC(C)CC2)c1. The zero-order chi connectivity index (χ0) is 16.8. The molecule has 0 amide bonds. The Morgan fingerprint density at radius 2 is 2.09 bits per heavy atom. The largest absolute Gasteiger partial charge is 0.366 e. The van der Waals surface area contributed by atoms with E-state index in [1.807, 2.05) is 13.1 Å². The predicted molar refractivity (Wildman–Crippen MR) is 93.8 cm³/mol. The second-order valence-electron chi connectivity index (χ2n) is 6.26. The number of benzene rings is 1. The van der Waals surface area contributed by atoms with E-state index < -0.39 is 0 Å². The number of nitro benzene ring substituents is 1. The zero-order valence-electron chi connectivity index (χ0n) is 14.2. The van der Waals surface area contributed by atoms with Gasteiger partial charge in [-0.1, -0.05) is 25.7 Å². The van der Waals surface area contributed by atoms with Gasteiger partial charge in [0.1, 0.15) is 5.69 Å². The van der Waals surface area contributed by atoms with Crippen molar-refractivity contribution in [2.75, 3.05) is 38.1 Å². The highest BCUT2D eigenvalue weighted by atomic mass is 16.6. The Bertz CT molecular complexity index is 610. The van der Waals surface area contributed by atoms with E-state index in [4.69, 9.17) is 0 Å². The minimum Gasteiger partial charge on any atom is -0.366 e. The van der Waals surface area contributed by atoms with Gasteiger partial charge in [-0.2, -0.15) is 0 Å². The number of hydrogen-bond acceptors (Lipinski definition) is 4. The average Bonchev–Trinajstić information content (AvgIpc) is 2.55. The number of rotatable bonds is 4. The van der Waals surface area contributed by atoms with Gasteiger partial charge in [0.2, 0.25) is 0 Å². The maximum absolute atomic E-state index is 11.3. The quantitative estimate of drug-likeness (QED) is 0.486. The molecule has 1 aromatic rings. The van der Waals surface area contributed by atoms with Crippen molar-refractivity contribution in [2.45, 2.75) is 26.7 Å². The first-order chi connectivity index (χ1) is 11.0. The molecule has 124 valence electrons. The Labute approximate surface area is 138 Å². The summed E-state index contributed by atoms with van der Waals surface area (Å²) in [6.07, 6.45) is 2.16. The van der Waals surface area contributed by atoms with Crippen LogP contribution in [0.2, 0.25) is 0 Å². The van der Waals surface area contributed by atoms with Crippen LogP contribution in [0.4, 0.5) is 11.4 Å². The number of nitrogens with zero attached hydrogens (tertiary/aromatic N) is 3. The molecule has 0 aliphatic carbocycles. The average molecular weight is 315 g/mol. The lowest BCUT2D eigenvalue weighted by Crippen LogP contribution is -2.33. The van der Waals surface area contributed by atoms with Gasteiger partial charge in [-0.05, 0) is 44.5 Å². The van der Waals surface area contributed by atoms with Crippen molar-refractivity contribution in [3.8, 4) is 11.8 Å². The highest BCUT2D eigenvalue weighted by molar-refractivity contribution is 5.66. The lowest BCUT2D eigenvalue weighted by molar-refractivity contribution is -0.384. The van der Waals surface area contributed by atoms with Gasteiger partial charge >= 0.3 is 0 Å². The Morgan fingerprint density at radius 3 is 2.70 bits per heavy atom. The third kappa shape index (κ3) is 4.70. The van der Waals surface area contributed by atoms with Gasteiger partial charge in [0.15, 0.2) is 0 Å². The number of nitro groups is 1. The fraction of sp³-hybridized carbons (Fsp3) is 0.556. The molecule has 1 aliphatic rings. The number of piperidine rings is 1. The van der Waals surface area contributed by atoms with Crippen molar-refractivity contribution in [1.29, 1.82) is 0 Å². The van der Waals surface area contributed by atoms with E-state index in [1.165, 1.54) is 0 Å². The van der Waals surface area contributed by atoms with Crippen LogP contribution in [0.1, 0.15) is 32.3 Å². The molecule has 1 saturated heterocycles.